The van der Waals surface area contributed by atoms with E-state index in [9.17, 15) is 18.0 Å². The summed E-state index contributed by atoms with van der Waals surface area (Å²) >= 11 is 18.4. The van der Waals surface area contributed by atoms with Gasteiger partial charge in [0.1, 0.15) is 12.6 Å². The van der Waals surface area contributed by atoms with Crippen LogP contribution in [-0.4, -0.2) is 44.3 Å². The van der Waals surface area contributed by atoms with Gasteiger partial charge in [-0.1, -0.05) is 79.3 Å². The molecule has 214 valence electrons. The lowest BCUT2D eigenvalue weighted by Gasteiger charge is -2.33. The summed E-state index contributed by atoms with van der Waals surface area (Å²) in [6.07, 6.45) is 2.01. The average molecular weight is 625 g/mol. The van der Waals surface area contributed by atoms with Crippen LogP contribution in [0.15, 0.2) is 77.7 Å². The second-order valence-electron chi connectivity index (χ2n) is 9.14. The van der Waals surface area contributed by atoms with Crippen molar-refractivity contribution in [2.24, 2.45) is 0 Å². The molecule has 1 N–H and O–H groups in total. The third-order valence-corrected chi connectivity index (χ3v) is 9.06. The fourth-order valence-corrected chi connectivity index (χ4v) is 6.00. The van der Waals surface area contributed by atoms with Crippen molar-refractivity contribution in [2.75, 3.05) is 17.4 Å². The number of amides is 2. The number of rotatable bonds is 13. The van der Waals surface area contributed by atoms with Crippen LogP contribution >= 0.6 is 34.8 Å². The normalized spacial score (nSPS) is 12.0. The first-order chi connectivity index (χ1) is 19.1. The van der Waals surface area contributed by atoms with E-state index in [0.29, 0.717) is 33.6 Å². The number of hydrogen-bond donors (Lipinski definition) is 1. The maximum absolute atomic E-state index is 14.0. The summed E-state index contributed by atoms with van der Waals surface area (Å²) in [5.41, 5.74) is 0.906. The molecule has 0 saturated heterocycles. The van der Waals surface area contributed by atoms with Crippen molar-refractivity contribution in [2.45, 2.75) is 50.6 Å². The quantitative estimate of drug-likeness (QED) is 0.218. The van der Waals surface area contributed by atoms with Gasteiger partial charge >= 0.3 is 0 Å². The van der Waals surface area contributed by atoms with Crippen molar-refractivity contribution in [1.82, 2.24) is 10.2 Å². The van der Waals surface area contributed by atoms with Crippen LogP contribution in [0.2, 0.25) is 15.1 Å². The van der Waals surface area contributed by atoms with Crippen molar-refractivity contribution in [1.29, 1.82) is 0 Å². The zero-order valence-electron chi connectivity index (χ0n) is 22.3. The molecule has 1 atom stereocenters. The van der Waals surface area contributed by atoms with Crippen LogP contribution < -0.4 is 9.62 Å². The Hall–Kier alpha value is -2.78. The highest BCUT2D eigenvalue weighted by Crippen LogP contribution is 2.27. The summed E-state index contributed by atoms with van der Waals surface area (Å²) < 4.78 is 28.6. The molecule has 40 heavy (non-hydrogen) atoms. The lowest BCUT2D eigenvalue weighted by Crippen LogP contribution is -2.52. The number of nitrogens with zero attached hydrogens (tertiary/aromatic N) is 2. The Labute approximate surface area is 251 Å². The fraction of sp³-hybridized carbons (Fsp3) is 0.310. The van der Waals surface area contributed by atoms with E-state index in [1.165, 1.54) is 29.2 Å². The number of hydrogen-bond acceptors (Lipinski definition) is 4. The van der Waals surface area contributed by atoms with E-state index in [4.69, 9.17) is 34.8 Å². The molecule has 0 radical (unpaired) electrons. The van der Waals surface area contributed by atoms with Crippen molar-refractivity contribution in [3.63, 3.8) is 0 Å². The molecule has 0 spiro atoms. The van der Waals surface area contributed by atoms with Crippen molar-refractivity contribution >= 4 is 62.3 Å². The second kappa shape index (κ2) is 14.7. The smallest absolute Gasteiger partial charge is 0.264 e. The zero-order chi connectivity index (χ0) is 29.3. The minimum atomic E-state index is -4.15. The average Bonchev–Trinajstić information content (AvgIpc) is 2.94. The molecule has 3 aromatic rings. The summed E-state index contributed by atoms with van der Waals surface area (Å²) in [5.74, 6) is -0.869. The number of anilines is 1. The van der Waals surface area contributed by atoms with E-state index in [0.717, 1.165) is 17.1 Å². The molecule has 0 aliphatic heterocycles. The summed E-state index contributed by atoms with van der Waals surface area (Å²) in [4.78, 5) is 28.7. The van der Waals surface area contributed by atoms with Crippen LogP contribution in [0.1, 0.15) is 38.7 Å². The van der Waals surface area contributed by atoms with Crippen LogP contribution in [0.5, 0.6) is 0 Å². The van der Waals surface area contributed by atoms with Crippen molar-refractivity contribution in [3.05, 3.63) is 93.4 Å². The number of nitrogens with one attached hydrogen (secondary N) is 1. The minimum absolute atomic E-state index is 0.0231. The number of unbranched alkanes of at least 4 members (excludes halogenated alkanes) is 1. The van der Waals surface area contributed by atoms with E-state index in [1.807, 2.05) is 6.92 Å². The van der Waals surface area contributed by atoms with E-state index in [1.54, 1.807) is 55.5 Å². The van der Waals surface area contributed by atoms with E-state index < -0.39 is 28.5 Å². The zero-order valence-corrected chi connectivity index (χ0v) is 25.4. The Balaban J connectivity index is 2.03. The molecule has 0 bridgehead atoms. The van der Waals surface area contributed by atoms with Crippen LogP contribution in [0, 0.1) is 0 Å². The first-order valence-electron chi connectivity index (χ1n) is 12.9. The second-order valence-corrected chi connectivity index (χ2v) is 12.3. The number of carbonyl (C=O) groups excluding carboxylic acids is 2. The van der Waals surface area contributed by atoms with E-state index in [-0.39, 0.29) is 23.0 Å². The number of sulfonamides is 1. The Kier molecular flexibility index (Phi) is 11.7. The largest absolute Gasteiger partial charge is 0.354 e. The topological polar surface area (TPSA) is 86.8 Å². The van der Waals surface area contributed by atoms with Crippen molar-refractivity contribution < 1.29 is 18.0 Å². The Morgan fingerprint density at radius 3 is 2.17 bits per heavy atom. The highest BCUT2D eigenvalue weighted by Gasteiger charge is 2.33. The molecule has 0 aliphatic carbocycles. The molecule has 0 aromatic heterocycles. The fourth-order valence-electron chi connectivity index (χ4n) is 4.12. The minimum Gasteiger partial charge on any atom is -0.354 e. The first-order valence-corrected chi connectivity index (χ1v) is 15.5. The predicted octanol–water partition coefficient (Wildman–Crippen LogP) is 6.57. The lowest BCUT2D eigenvalue weighted by atomic mass is 10.1. The third-order valence-electron chi connectivity index (χ3n) is 6.28. The Morgan fingerprint density at radius 1 is 0.900 bits per heavy atom. The predicted molar refractivity (Wildman–Crippen MR) is 161 cm³/mol. The maximum atomic E-state index is 14.0. The van der Waals surface area contributed by atoms with Crippen LogP contribution in [0.25, 0.3) is 0 Å². The molecular weight excluding hydrogens is 593 g/mol. The van der Waals surface area contributed by atoms with Gasteiger partial charge in [0.15, 0.2) is 0 Å². The van der Waals surface area contributed by atoms with Crippen LogP contribution in [0.3, 0.4) is 0 Å². The highest BCUT2D eigenvalue weighted by atomic mass is 35.5. The number of halogens is 3. The maximum Gasteiger partial charge on any atom is 0.264 e. The lowest BCUT2D eigenvalue weighted by molar-refractivity contribution is -0.140. The summed E-state index contributed by atoms with van der Waals surface area (Å²) in [5, 5.41) is 3.98. The van der Waals surface area contributed by atoms with E-state index >= 15 is 0 Å². The van der Waals surface area contributed by atoms with Gasteiger partial charge in [-0.3, -0.25) is 13.9 Å². The van der Waals surface area contributed by atoms with Gasteiger partial charge in [-0.05, 0) is 66.9 Å². The molecule has 3 aromatic carbocycles. The Morgan fingerprint density at radius 2 is 1.57 bits per heavy atom. The van der Waals surface area contributed by atoms with Crippen LogP contribution in [-0.2, 0) is 26.2 Å². The molecule has 0 aliphatic rings. The molecule has 11 heteroatoms. The molecule has 0 heterocycles. The SMILES string of the molecule is CCCCNC(=O)C(CC)N(Cc1ccc(Cl)c(Cl)c1)C(=O)CN(c1ccc(Cl)cc1)S(=O)(=O)c1ccccc1. The van der Waals surface area contributed by atoms with Gasteiger partial charge in [-0.15, -0.1) is 0 Å². The molecule has 7 nitrogen and oxygen atoms in total. The highest BCUT2D eigenvalue weighted by molar-refractivity contribution is 7.92. The van der Waals surface area contributed by atoms with Gasteiger partial charge < -0.3 is 10.2 Å². The van der Waals surface area contributed by atoms with Gasteiger partial charge in [0.2, 0.25) is 11.8 Å². The summed E-state index contributed by atoms with van der Waals surface area (Å²) in [7, 11) is -4.15. The first kappa shape index (κ1) is 31.7. The van der Waals surface area contributed by atoms with Gasteiger partial charge in [-0.2, -0.15) is 0 Å². The molecular formula is C29H32Cl3N3O4S. The Bertz CT molecular complexity index is 1400. The van der Waals surface area contributed by atoms with Crippen LogP contribution in [0.4, 0.5) is 5.69 Å². The molecule has 2 amide bonds. The number of benzene rings is 3. The van der Waals surface area contributed by atoms with E-state index in [2.05, 4.69) is 5.32 Å². The van der Waals surface area contributed by atoms with Gasteiger partial charge in [0.25, 0.3) is 10.0 Å². The molecule has 1 unspecified atom stereocenters. The van der Waals surface area contributed by atoms with Gasteiger partial charge in [-0.25, -0.2) is 8.42 Å². The molecule has 0 fully saturated rings. The van der Waals surface area contributed by atoms with Crippen molar-refractivity contribution in [3.8, 4) is 0 Å². The molecule has 3 rings (SSSR count). The van der Waals surface area contributed by atoms with Gasteiger partial charge in [0, 0.05) is 18.1 Å². The summed E-state index contributed by atoms with van der Waals surface area (Å²) in [6, 6.07) is 18.2. The third kappa shape index (κ3) is 8.13. The molecule has 0 saturated carbocycles. The standard InChI is InChI=1S/C29H32Cl3N3O4S/c1-3-5-17-33-29(37)27(4-2)34(19-21-11-16-25(31)26(32)18-21)28(36)20-35(23-14-12-22(30)13-15-23)40(38,39)24-9-7-6-8-10-24/h6-16,18,27H,3-5,17,19-20H2,1-2H3,(H,33,37). The summed E-state index contributed by atoms with van der Waals surface area (Å²) in [6.45, 7) is 3.77. The van der Waals surface area contributed by atoms with Gasteiger partial charge in [0.05, 0.1) is 20.6 Å². The monoisotopic (exact) mass is 623 g/mol. The number of carbonyl (C=O) groups is 2.